The number of hydrogen-bond acceptors (Lipinski definition) is 1. The molecular weight excluding hydrogens is 172 g/mol. The zero-order valence-corrected chi connectivity index (χ0v) is 8.99. The van der Waals surface area contributed by atoms with Crippen molar-refractivity contribution in [2.24, 2.45) is 0 Å². The molecule has 0 saturated heterocycles. The van der Waals surface area contributed by atoms with Crippen LogP contribution in [0.4, 0.5) is 0 Å². The first-order chi connectivity index (χ1) is 6.83. The van der Waals surface area contributed by atoms with Gasteiger partial charge in [0.1, 0.15) is 0 Å². The normalized spacial score (nSPS) is 11.7. The maximum atomic E-state index is 5.55. The molecule has 0 atom stereocenters. The molecule has 0 aromatic heterocycles. The Morgan fingerprint density at radius 2 is 2.00 bits per heavy atom. The van der Waals surface area contributed by atoms with Crippen molar-refractivity contribution in [3.8, 4) is 0 Å². The minimum absolute atomic E-state index is 0.720. The van der Waals surface area contributed by atoms with Crippen LogP contribution in [0.25, 0.3) is 0 Å². The highest BCUT2D eigenvalue weighted by Gasteiger charge is 1.92. The Labute approximate surface area is 86.4 Å². The molecule has 0 aliphatic heterocycles. The Morgan fingerprint density at radius 3 is 2.64 bits per heavy atom. The van der Waals surface area contributed by atoms with Crippen LogP contribution in [0.2, 0.25) is 0 Å². The molecule has 0 aliphatic carbocycles. The summed E-state index contributed by atoms with van der Waals surface area (Å²) in [5, 5.41) is 0. The van der Waals surface area contributed by atoms with E-state index in [2.05, 4.69) is 32.1 Å². The fourth-order valence-electron chi connectivity index (χ4n) is 1.14. The van der Waals surface area contributed by atoms with Crippen LogP contribution < -0.4 is 0 Å². The molecule has 1 aromatic carbocycles. The second-order valence-electron chi connectivity index (χ2n) is 3.42. The first-order valence-electron chi connectivity index (χ1n) is 5.06. The quantitative estimate of drug-likeness (QED) is 0.509. The highest BCUT2D eigenvalue weighted by molar-refractivity contribution is 5.13. The SMILES string of the molecule is CC=C(C)CCOCc1ccccc1. The van der Waals surface area contributed by atoms with Gasteiger partial charge in [0, 0.05) is 0 Å². The van der Waals surface area contributed by atoms with Gasteiger partial charge in [-0.3, -0.25) is 0 Å². The van der Waals surface area contributed by atoms with E-state index < -0.39 is 0 Å². The van der Waals surface area contributed by atoms with Crippen LogP contribution in [0.5, 0.6) is 0 Å². The second-order valence-corrected chi connectivity index (χ2v) is 3.42. The maximum absolute atomic E-state index is 5.55. The smallest absolute Gasteiger partial charge is 0.0717 e. The summed E-state index contributed by atoms with van der Waals surface area (Å²) in [6.07, 6.45) is 3.16. The zero-order valence-electron chi connectivity index (χ0n) is 8.99. The fraction of sp³-hybridized carbons (Fsp3) is 0.385. The molecule has 1 nitrogen and oxygen atoms in total. The molecule has 0 bridgehead atoms. The Morgan fingerprint density at radius 1 is 1.29 bits per heavy atom. The number of rotatable bonds is 5. The average Bonchev–Trinajstić information content (AvgIpc) is 2.25. The first-order valence-corrected chi connectivity index (χ1v) is 5.06. The number of allylic oxidation sites excluding steroid dienone is 1. The Balaban J connectivity index is 2.17. The summed E-state index contributed by atoms with van der Waals surface area (Å²) >= 11 is 0. The Kier molecular flexibility index (Phi) is 5.02. The third-order valence-electron chi connectivity index (χ3n) is 2.25. The highest BCUT2D eigenvalue weighted by Crippen LogP contribution is 2.03. The largest absolute Gasteiger partial charge is 0.376 e. The van der Waals surface area contributed by atoms with Gasteiger partial charge in [0.15, 0.2) is 0 Å². The number of hydrogen-bond donors (Lipinski definition) is 0. The van der Waals surface area contributed by atoms with Crippen molar-refractivity contribution < 1.29 is 4.74 Å². The van der Waals surface area contributed by atoms with Crippen LogP contribution in [0.3, 0.4) is 0 Å². The van der Waals surface area contributed by atoms with E-state index in [9.17, 15) is 0 Å². The second kappa shape index (κ2) is 6.39. The van der Waals surface area contributed by atoms with Crippen molar-refractivity contribution >= 4 is 0 Å². The predicted molar refractivity (Wildman–Crippen MR) is 60.1 cm³/mol. The Hall–Kier alpha value is -1.08. The molecule has 0 radical (unpaired) electrons. The van der Waals surface area contributed by atoms with Crippen molar-refractivity contribution in [2.75, 3.05) is 6.61 Å². The summed E-state index contributed by atoms with van der Waals surface area (Å²) in [6, 6.07) is 10.3. The van der Waals surface area contributed by atoms with Gasteiger partial charge in [-0.25, -0.2) is 0 Å². The van der Waals surface area contributed by atoms with Crippen LogP contribution in [-0.4, -0.2) is 6.61 Å². The molecule has 0 amide bonds. The van der Waals surface area contributed by atoms with Gasteiger partial charge in [0.25, 0.3) is 0 Å². The minimum Gasteiger partial charge on any atom is -0.376 e. The fourth-order valence-corrected chi connectivity index (χ4v) is 1.14. The van der Waals surface area contributed by atoms with Crippen molar-refractivity contribution in [1.29, 1.82) is 0 Å². The molecule has 0 heterocycles. The molecule has 1 heteroatoms. The third kappa shape index (κ3) is 4.24. The number of ether oxygens (including phenoxy) is 1. The van der Waals surface area contributed by atoms with Crippen molar-refractivity contribution in [3.63, 3.8) is 0 Å². The van der Waals surface area contributed by atoms with Crippen LogP contribution in [0.15, 0.2) is 42.0 Å². The molecule has 0 saturated carbocycles. The van der Waals surface area contributed by atoms with Crippen LogP contribution >= 0.6 is 0 Å². The third-order valence-corrected chi connectivity index (χ3v) is 2.25. The lowest BCUT2D eigenvalue weighted by atomic mass is 10.2. The van der Waals surface area contributed by atoms with Crippen LogP contribution in [0, 0.1) is 0 Å². The lowest BCUT2D eigenvalue weighted by molar-refractivity contribution is 0.124. The van der Waals surface area contributed by atoms with E-state index in [1.165, 1.54) is 11.1 Å². The van der Waals surface area contributed by atoms with E-state index in [1.54, 1.807) is 0 Å². The predicted octanol–water partition coefficient (Wildman–Crippen LogP) is 3.56. The van der Waals surface area contributed by atoms with E-state index >= 15 is 0 Å². The molecule has 0 spiro atoms. The van der Waals surface area contributed by atoms with Gasteiger partial charge in [0.2, 0.25) is 0 Å². The van der Waals surface area contributed by atoms with Crippen LogP contribution in [0.1, 0.15) is 25.8 Å². The monoisotopic (exact) mass is 190 g/mol. The molecule has 14 heavy (non-hydrogen) atoms. The lowest BCUT2D eigenvalue weighted by Gasteiger charge is -2.04. The molecular formula is C13H18O. The first kappa shape index (κ1) is 11.0. The summed E-state index contributed by atoms with van der Waals surface area (Å²) in [5.41, 5.74) is 2.63. The summed E-state index contributed by atoms with van der Waals surface area (Å²) in [5.74, 6) is 0. The van der Waals surface area contributed by atoms with Gasteiger partial charge in [-0.1, -0.05) is 42.0 Å². The van der Waals surface area contributed by atoms with Gasteiger partial charge < -0.3 is 4.74 Å². The van der Waals surface area contributed by atoms with Crippen molar-refractivity contribution in [1.82, 2.24) is 0 Å². The molecule has 0 aliphatic rings. The topological polar surface area (TPSA) is 9.23 Å². The molecule has 1 aromatic rings. The Bertz CT molecular complexity index is 275. The van der Waals surface area contributed by atoms with Gasteiger partial charge in [-0.2, -0.15) is 0 Å². The zero-order chi connectivity index (χ0) is 10.2. The van der Waals surface area contributed by atoms with E-state index in [4.69, 9.17) is 4.74 Å². The molecule has 0 N–H and O–H groups in total. The lowest BCUT2D eigenvalue weighted by Crippen LogP contribution is -1.95. The average molecular weight is 190 g/mol. The van der Waals surface area contributed by atoms with Gasteiger partial charge in [0.05, 0.1) is 13.2 Å². The number of benzene rings is 1. The summed E-state index contributed by atoms with van der Waals surface area (Å²) in [7, 11) is 0. The standard InChI is InChI=1S/C13H18O/c1-3-12(2)9-10-14-11-13-7-5-4-6-8-13/h3-8H,9-11H2,1-2H3. The molecule has 76 valence electrons. The van der Waals surface area contributed by atoms with E-state index in [1.807, 2.05) is 18.2 Å². The van der Waals surface area contributed by atoms with E-state index in [0.717, 1.165) is 19.6 Å². The minimum atomic E-state index is 0.720. The highest BCUT2D eigenvalue weighted by atomic mass is 16.5. The summed E-state index contributed by atoms with van der Waals surface area (Å²) in [4.78, 5) is 0. The van der Waals surface area contributed by atoms with Crippen molar-refractivity contribution in [3.05, 3.63) is 47.5 Å². The summed E-state index contributed by atoms with van der Waals surface area (Å²) in [6.45, 7) is 5.72. The van der Waals surface area contributed by atoms with Gasteiger partial charge in [-0.15, -0.1) is 0 Å². The van der Waals surface area contributed by atoms with E-state index in [0.29, 0.717) is 0 Å². The summed E-state index contributed by atoms with van der Waals surface area (Å²) < 4.78 is 5.55. The van der Waals surface area contributed by atoms with Crippen LogP contribution in [-0.2, 0) is 11.3 Å². The molecule has 0 unspecified atom stereocenters. The molecule has 0 fully saturated rings. The van der Waals surface area contributed by atoms with Gasteiger partial charge in [-0.05, 0) is 25.8 Å². The molecule has 1 rings (SSSR count). The maximum Gasteiger partial charge on any atom is 0.0717 e. The van der Waals surface area contributed by atoms with Gasteiger partial charge >= 0.3 is 0 Å². The van der Waals surface area contributed by atoms with Crippen molar-refractivity contribution in [2.45, 2.75) is 26.9 Å². The van der Waals surface area contributed by atoms with E-state index in [-0.39, 0.29) is 0 Å².